The molecule has 0 atom stereocenters. The number of nitrogens with zero attached hydrogens (tertiary/aromatic N) is 2. The number of benzene rings is 2. The minimum atomic E-state index is 0.476. The normalized spacial score (nSPS) is 11.9. The summed E-state index contributed by atoms with van der Waals surface area (Å²) >= 11 is 3.53. The molecule has 2 aromatic carbocycles. The molecule has 0 unspecified atom stereocenters. The van der Waals surface area contributed by atoms with E-state index >= 15 is 0 Å². The maximum absolute atomic E-state index is 4.86. The van der Waals surface area contributed by atoms with Crippen LogP contribution in [-0.2, 0) is 0 Å². The van der Waals surface area contributed by atoms with Crippen molar-refractivity contribution in [3.63, 3.8) is 0 Å². The maximum Gasteiger partial charge on any atom is 0.124 e. The zero-order valence-corrected chi connectivity index (χ0v) is 15.3. The summed E-state index contributed by atoms with van der Waals surface area (Å²) < 4.78 is 2.45. The first-order chi connectivity index (χ1) is 11.0. The fourth-order valence-corrected chi connectivity index (χ4v) is 4.57. The van der Waals surface area contributed by atoms with Crippen molar-refractivity contribution >= 4 is 43.1 Å². The Morgan fingerprint density at radius 3 is 2.22 bits per heavy atom. The molecule has 2 aromatic heterocycles. The quantitative estimate of drug-likeness (QED) is 0.428. The number of fused-ring (bicyclic) bond motifs is 2. The molecule has 0 aliphatic rings. The third-order valence-electron chi connectivity index (χ3n) is 4.16. The molecule has 4 heteroatoms. The minimum absolute atomic E-state index is 0.476. The Morgan fingerprint density at radius 1 is 0.826 bits per heavy atom. The molecule has 0 bridgehead atoms. The fourth-order valence-electron chi connectivity index (χ4n) is 2.61. The Balaban J connectivity index is 1.85. The topological polar surface area (TPSA) is 25.8 Å². The lowest BCUT2D eigenvalue weighted by Gasteiger charge is -2.01. The lowest BCUT2D eigenvalue weighted by molar-refractivity contribution is 0.857. The highest BCUT2D eigenvalue weighted by molar-refractivity contribution is 7.22. The van der Waals surface area contributed by atoms with E-state index in [1.54, 1.807) is 22.7 Å². The van der Waals surface area contributed by atoms with Gasteiger partial charge in [-0.05, 0) is 43.2 Å². The van der Waals surface area contributed by atoms with E-state index in [0.717, 1.165) is 16.0 Å². The van der Waals surface area contributed by atoms with Crippen LogP contribution in [0.1, 0.15) is 35.9 Å². The van der Waals surface area contributed by atoms with Gasteiger partial charge in [-0.15, -0.1) is 22.7 Å². The van der Waals surface area contributed by atoms with Crippen molar-refractivity contribution in [2.45, 2.75) is 33.6 Å². The molecular formula is C19H18N2S2. The second-order valence-electron chi connectivity index (χ2n) is 6.31. The molecular weight excluding hydrogens is 320 g/mol. The van der Waals surface area contributed by atoms with Gasteiger partial charge in [-0.1, -0.05) is 26.0 Å². The predicted molar refractivity (Wildman–Crippen MR) is 102 cm³/mol. The molecule has 0 aliphatic carbocycles. The molecule has 0 N–H and O–H groups in total. The van der Waals surface area contributed by atoms with Gasteiger partial charge in [0.1, 0.15) is 5.01 Å². The number of hydrogen-bond acceptors (Lipinski definition) is 4. The van der Waals surface area contributed by atoms with Gasteiger partial charge in [-0.25, -0.2) is 9.97 Å². The van der Waals surface area contributed by atoms with Crippen LogP contribution in [0.25, 0.3) is 31.0 Å². The second kappa shape index (κ2) is 5.39. The Bertz CT molecular complexity index is 974. The number of rotatable bonds is 2. The van der Waals surface area contributed by atoms with Gasteiger partial charge in [0, 0.05) is 11.5 Å². The SMILES string of the molecule is Cc1ccc(-c2nc3cc4sc(C(C)C)nc4cc3s2)cc1C. The molecule has 2 heterocycles. The van der Waals surface area contributed by atoms with Gasteiger partial charge < -0.3 is 0 Å². The van der Waals surface area contributed by atoms with Gasteiger partial charge in [-0.3, -0.25) is 0 Å². The summed E-state index contributed by atoms with van der Waals surface area (Å²) in [6.45, 7) is 8.68. The van der Waals surface area contributed by atoms with Crippen LogP contribution >= 0.6 is 22.7 Å². The zero-order valence-electron chi connectivity index (χ0n) is 13.7. The molecule has 0 saturated carbocycles. The predicted octanol–water partition coefficient (Wildman–Crippen LogP) is 6.31. The van der Waals surface area contributed by atoms with Gasteiger partial charge in [0.25, 0.3) is 0 Å². The van der Waals surface area contributed by atoms with Crippen LogP contribution in [0.4, 0.5) is 0 Å². The molecule has 116 valence electrons. The van der Waals surface area contributed by atoms with Crippen LogP contribution in [0, 0.1) is 13.8 Å². The number of thiazole rings is 2. The van der Waals surface area contributed by atoms with E-state index in [1.165, 1.54) is 31.1 Å². The molecule has 4 rings (SSSR count). The summed E-state index contributed by atoms with van der Waals surface area (Å²) in [6, 6.07) is 10.9. The largest absolute Gasteiger partial charge is 0.241 e. The van der Waals surface area contributed by atoms with Crippen LogP contribution in [0.5, 0.6) is 0 Å². The fraction of sp³-hybridized carbons (Fsp3) is 0.263. The van der Waals surface area contributed by atoms with E-state index in [1.807, 2.05) is 0 Å². The van der Waals surface area contributed by atoms with E-state index in [2.05, 4.69) is 58.0 Å². The first-order valence-corrected chi connectivity index (χ1v) is 9.43. The zero-order chi connectivity index (χ0) is 16.1. The smallest absolute Gasteiger partial charge is 0.124 e. The van der Waals surface area contributed by atoms with Crippen molar-refractivity contribution in [3.8, 4) is 10.6 Å². The molecule has 0 radical (unpaired) electrons. The van der Waals surface area contributed by atoms with Crippen LogP contribution in [0.2, 0.25) is 0 Å². The Kier molecular flexibility index (Phi) is 3.47. The molecule has 0 aliphatic heterocycles. The molecule has 0 spiro atoms. The number of aromatic nitrogens is 2. The highest BCUT2D eigenvalue weighted by atomic mass is 32.1. The molecule has 0 amide bonds. The van der Waals surface area contributed by atoms with Gasteiger partial charge in [0.2, 0.25) is 0 Å². The highest BCUT2D eigenvalue weighted by Gasteiger charge is 2.12. The van der Waals surface area contributed by atoms with Crippen molar-refractivity contribution in [2.24, 2.45) is 0 Å². The van der Waals surface area contributed by atoms with Crippen LogP contribution in [0.15, 0.2) is 30.3 Å². The third-order valence-corrected chi connectivity index (χ3v) is 6.55. The van der Waals surface area contributed by atoms with Crippen molar-refractivity contribution in [2.75, 3.05) is 0 Å². The summed E-state index contributed by atoms with van der Waals surface area (Å²) in [5.41, 5.74) is 6.01. The van der Waals surface area contributed by atoms with Crippen LogP contribution in [0.3, 0.4) is 0 Å². The van der Waals surface area contributed by atoms with Crippen molar-refractivity contribution in [1.29, 1.82) is 0 Å². The lowest BCUT2D eigenvalue weighted by atomic mass is 10.1. The molecule has 4 aromatic rings. The Labute approximate surface area is 143 Å². The second-order valence-corrected chi connectivity index (χ2v) is 8.41. The first kappa shape index (κ1) is 14.8. The lowest BCUT2D eigenvalue weighted by Crippen LogP contribution is -1.82. The highest BCUT2D eigenvalue weighted by Crippen LogP contribution is 2.36. The van der Waals surface area contributed by atoms with E-state index in [4.69, 9.17) is 9.97 Å². The van der Waals surface area contributed by atoms with Crippen molar-refractivity contribution in [1.82, 2.24) is 9.97 Å². The summed E-state index contributed by atoms with van der Waals surface area (Å²) in [5.74, 6) is 0.476. The van der Waals surface area contributed by atoms with Gasteiger partial charge in [-0.2, -0.15) is 0 Å². The van der Waals surface area contributed by atoms with Crippen LogP contribution in [-0.4, -0.2) is 9.97 Å². The van der Waals surface area contributed by atoms with E-state index < -0.39 is 0 Å². The van der Waals surface area contributed by atoms with Gasteiger partial charge in [0.05, 0.1) is 25.4 Å². The summed E-state index contributed by atoms with van der Waals surface area (Å²) in [7, 11) is 0. The minimum Gasteiger partial charge on any atom is -0.241 e. The van der Waals surface area contributed by atoms with Gasteiger partial charge in [0.15, 0.2) is 0 Å². The standard InChI is InChI=1S/C19H18N2S2/c1-10(2)18-20-14-8-17-15(9-16(14)22-18)21-19(23-17)13-6-5-11(3)12(4)7-13/h5-10H,1-4H3. The average molecular weight is 339 g/mol. The van der Waals surface area contributed by atoms with Crippen molar-refractivity contribution < 1.29 is 0 Å². The maximum atomic E-state index is 4.86. The van der Waals surface area contributed by atoms with Crippen molar-refractivity contribution in [3.05, 3.63) is 46.5 Å². The number of aryl methyl sites for hydroxylation is 2. The molecule has 23 heavy (non-hydrogen) atoms. The van der Waals surface area contributed by atoms with E-state index in [-0.39, 0.29) is 0 Å². The third kappa shape index (κ3) is 2.56. The van der Waals surface area contributed by atoms with Crippen LogP contribution < -0.4 is 0 Å². The Hall–Kier alpha value is -1.78. The molecule has 0 fully saturated rings. The monoisotopic (exact) mass is 338 g/mol. The first-order valence-electron chi connectivity index (χ1n) is 7.80. The van der Waals surface area contributed by atoms with Gasteiger partial charge >= 0.3 is 0 Å². The number of hydrogen-bond donors (Lipinski definition) is 0. The molecule has 0 saturated heterocycles. The van der Waals surface area contributed by atoms with E-state index in [0.29, 0.717) is 5.92 Å². The average Bonchev–Trinajstić information content (AvgIpc) is 3.10. The molecule has 2 nitrogen and oxygen atoms in total. The van der Waals surface area contributed by atoms with E-state index in [9.17, 15) is 0 Å². The summed E-state index contributed by atoms with van der Waals surface area (Å²) in [6.07, 6.45) is 0. The Morgan fingerprint density at radius 2 is 1.52 bits per heavy atom. The summed E-state index contributed by atoms with van der Waals surface area (Å²) in [4.78, 5) is 9.62. The summed E-state index contributed by atoms with van der Waals surface area (Å²) in [5, 5.41) is 2.29.